The van der Waals surface area contributed by atoms with Crippen molar-refractivity contribution in [1.29, 1.82) is 0 Å². The van der Waals surface area contributed by atoms with Gasteiger partial charge in [-0.2, -0.15) is 0 Å². The van der Waals surface area contributed by atoms with Gasteiger partial charge in [0.15, 0.2) is 5.72 Å². The van der Waals surface area contributed by atoms with Gasteiger partial charge in [-0.25, -0.2) is 0 Å². The molecule has 3 fully saturated rings. The van der Waals surface area contributed by atoms with Crippen LogP contribution in [0.1, 0.15) is 37.2 Å². The van der Waals surface area contributed by atoms with Crippen molar-refractivity contribution in [1.82, 2.24) is 14.8 Å². The fraction of sp³-hybridized carbons (Fsp3) is 0.524. The number of ether oxygens (including phenoxy) is 2. The first kappa shape index (κ1) is 17.6. The molecule has 1 spiro atoms. The van der Waals surface area contributed by atoms with E-state index in [1.807, 2.05) is 34.1 Å². The Morgan fingerprint density at radius 2 is 2.18 bits per heavy atom. The quantitative estimate of drug-likeness (QED) is 0.883. The van der Waals surface area contributed by atoms with Gasteiger partial charge in [-0.05, 0) is 30.2 Å². The van der Waals surface area contributed by atoms with Gasteiger partial charge < -0.3 is 24.3 Å². The molecule has 3 aliphatic rings. The van der Waals surface area contributed by atoms with Gasteiger partial charge in [-0.3, -0.25) is 9.59 Å². The second kappa shape index (κ2) is 5.98. The molecule has 5 rings (SSSR count). The van der Waals surface area contributed by atoms with Gasteiger partial charge in [0, 0.05) is 23.9 Å². The predicted octanol–water partition coefficient (Wildman–Crippen LogP) is 2.37. The van der Waals surface area contributed by atoms with E-state index in [1.54, 1.807) is 7.11 Å². The molecule has 3 aliphatic heterocycles. The Labute approximate surface area is 163 Å². The monoisotopic (exact) mass is 383 g/mol. The number of aromatic nitrogens is 1. The fourth-order valence-corrected chi connectivity index (χ4v) is 5.12. The summed E-state index contributed by atoms with van der Waals surface area (Å²) in [6.45, 7) is 5.37. The van der Waals surface area contributed by atoms with E-state index >= 15 is 0 Å². The topological polar surface area (TPSA) is 74.9 Å². The molecule has 28 heavy (non-hydrogen) atoms. The maximum Gasteiger partial charge on any atom is 0.270 e. The molecule has 1 aromatic carbocycles. The summed E-state index contributed by atoms with van der Waals surface area (Å²) in [5, 5.41) is 0.928. The maximum atomic E-state index is 13.3. The molecule has 4 heterocycles. The summed E-state index contributed by atoms with van der Waals surface area (Å²) < 4.78 is 11.5. The standard InChI is InChI=1S/C21H25N3O4/c1-12(2)17-11-28-21-6-7-23(18(21)10-19(25)24(17)21)20(26)16-9-13-8-14(27-3)4-5-15(13)22-16/h4-5,8-9,12,17-18,22H,6-7,10-11H2,1-3H3/t17-,18+,21-/m0/s1. The van der Waals surface area contributed by atoms with Crippen LogP contribution in [0.25, 0.3) is 10.9 Å². The summed E-state index contributed by atoms with van der Waals surface area (Å²) in [6, 6.07) is 7.40. The number of aromatic amines is 1. The number of benzene rings is 1. The van der Waals surface area contributed by atoms with E-state index in [2.05, 4.69) is 18.8 Å². The molecule has 3 atom stereocenters. The first-order valence-corrected chi connectivity index (χ1v) is 9.88. The van der Waals surface area contributed by atoms with Crippen molar-refractivity contribution in [3.63, 3.8) is 0 Å². The van der Waals surface area contributed by atoms with E-state index in [0.29, 0.717) is 37.6 Å². The van der Waals surface area contributed by atoms with Crippen LogP contribution in [-0.2, 0) is 9.53 Å². The average molecular weight is 383 g/mol. The average Bonchev–Trinajstić information content (AvgIpc) is 3.40. The number of carbonyl (C=O) groups excluding carboxylic acids is 2. The second-order valence-electron chi connectivity index (χ2n) is 8.34. The highest BCUT2D eigenvalue weighted by Crippen LogP contribution is 2.49. The van der Waals surface area contributed by atoms with Crippen molar-refractivity contribution in [3.05, 3.63) is 30.0 Å². The number of amides is 2. The molecular weight excluding hydrogens is 358 g/mol. The Morgan fingerprint density at radius 1 is 1.36 bits per heavy atom. The zero-order valence-corrected chi connectivity index (χ0v) is 16.4. The first-order valence-electron chi connectivity index (χ1n) is 9.88. The number of hydrogen-bond acceptors (Lipinski definition) is 4. The minimum atomic E-state index is -0.642. The number of carbonyl (C=O) groups is 2. The number of nitrogens with one attached hydrogen (secondary N) is 1. The largest absolute Gasteiger partial charge is 0.497 e. The highest BCUT2D eigenvalue weighted by molar-refractivity contribution is 5.99. The molecule has 1 N–H and O–H groups in total. The number of rotatable bonds is 3. The van der Waals surface area contributed by atoms with E-state index in [-0.39, 0.29) is 23.9 Å². The number of methoxy groups -OCH3 is 1. The zero-order chi connectivity index (χ0) is 19.6. The van der Waals surface area contributed by atoms with Gasteiger partial charge in [0.05, 0.1) is 32.2 Å². The van der Waals surface area contributed by atoms with Crippen molar-refractivity contribution in [2.75, 3.05) is 20.3 Å². The smallest absolute Gasteiger partial charge is 0.270 e. The fourth-order valence-electron chi connectivity index (χ4n) is 5.12. The third kappa shape index (κ3) is 2.25. The minimum absolute atomic E-state index is 0.0803. The molecule has 7 heteroatoms. The van der Waals surface area contributed by atoms with Crippen molar-refractivity contribution in [2.45, 2.75) is 44.5 Å². The first-order chi connectivity index (χ1) is 13.4. The lowest BCUT2D eigenvalue weighted by molar-refractivity contribution is -0.139. The molecule has 0 aliphatic carbocycles. The lowest BCUT2D eigenvalue weighted by Gasteiger charge is -2.34. The molecule has 2 aromatic rings. The summed E-state index contributed by atoms with van der Waals surface area (Å²) in [7, 11) is 1.62. The van der Waals surface area contributed by atoms with Crippen LogP contribution in [0.5, 0.6) is 5.75 Å². The van der Waals surface area contributed by atoms with Crippen LogP contribution in [-0.4, -0.2) is 64.7 Å². The number of likely N-dealkylation sites (tertiary alicyclic amines) is 1. The molecular formula is C21H25N3O4. The summed E-state index contributed by atoms with van der Waals surface area (Å²) in [6.07, 6.45) is 1.01. The molecule has 2 amide bonds. The Bertz CT molecular complexity index is 968. The molecule has 0 unspecified atom stereocenters. The highest BCUT2D eigenvalue weighted by Gasteiger charge is 2.65. The minimum Gasteiger partial charge on any atom is -0.497 e. The Morgan fingerprint density at radius 3 is 2.93 bits per heavy atom. The van der Waals surface area contributed by atoms with Crippen molar-refractivity contribution < 1.29 is 19.1 Å². The van der Waals surface area contributed by atoms with E-state index < -0.39 is 5.72 Å². The number of H-pyrrole nitrogens is 1. The number of hydrogen-bond donors (Lipinski definition) is 1. The van der Waals surface area contributed by atoms with Crippen LogP contribution in [0, 0.1) is 5.92 Å². The SMILES string of the molecule is COc1ccc2[nH]c(C(=O)N3CC[C@@]45OC[C@@H](C(C)C)N4C(=O)C[C@@H]35)cc2c1. The van der Waals surface area contributed by atoms with Crippen molar-refractivity contribution in [3.8, 4) is 5.75 Å². The van der Waals surface area contributed by atoms with E-state index in [1.165, 1.54) is 0 Å². The predicted molar refractivity (Wildman–Crippen MR) is 103 cm³/mol. The zero-order valence-electron chi connectivity index (χ0n) is 16.4. The van der Waals surface area contributed by atoms with Crippen LogP contribution in [0.4, 0.5) is 0 Å². The summed E-state index contributed by atoms with van der Waals surface area (Å²) in [4.78, 5) is 33.1. The van der Waals surface area contributed by atoms with Crippen molar-refractivity contribution in [2.24, 2.45) is 5.92 Å². The van der Waals surface area contributed by atoms with Crippen LogP contribution in [0.3, 0.4) is 0 Å². The molecule has 148 valence electrons. The lowest BCUT2D eigenvalue weighted by atomic mass is 10.0. The van der Waals surface area contributed by atoms with E-state index in [9.17, 15) is 9.59 Å². The Kier molecular flexibility index (Phi) is 3.75. The lowest BCUT2D eigenvalue weighted by Crippen LogP contribution is -2.51. The summed E-state index contributed by atoms with van der Waals surface area (Å²) in [5.74, 6) is 1.10. The Balaban J connectivity index is 1.45. The third-order valence-electron chi connectivity index (χ3n) is 6.58. The molecule has 3 saturated heterocycles. The molecule has 0 radical (unpaired) electrons. The van der Waals surface area contributed by atoms with E-state index in [4.69, 9.17) is 9.47 Å². The van der Waals surface area contributed by atoms with Crippen LogP contribution >= 0.6 is 0 Å². The van der Waals surface area contributed by atoms with Gasteiger partial charge in [0.25, 0.3) is 5.91 Å². The number of fused-ring (bicyclic) bond motifs is 1. The van der Waals surface area contributed by atoms with E-state index in [0.717, 1.165) is 16.7 Å². The van der Waals surface area contributed by atoms with Crippen LogP contribution in [0.15, 0.2) is 24.3 Å². The van der Waals surface area contributed by atoms with Crippen LogP contribution < -0.4 is 4.74 Å². The summed E-state index contributed by atoms with van der Waals surface area (Å²) >= 11 is 0. The van der Waals surface area contributed by atoms with Gasteiger partial charge in [-0.15, -0.1) is 0 Å². The summed E-state index contributed by atoms with van der Waals surface area (Å²) in [5.41, 5.74) is 0.778. The van der Waals surface area contributed by atoms with Gasteiger partial charge >= 0.3 is 0 Å². The number of nitrogens with zero attached hydrogens (tertiary/aromatic N) is 2. The van der Waals surface area contributed by atoms with Crippen molar-refractivity contribution >= 4 is 22.7 Å². The second-order valence-corrected chi connectivity index (χ2v) is 8.34. The molecule has 0 bridgehead atoms. The molecule has 7 nitrogen and oxygen atoms in total. The van der Waals surface area contributed by atoms with Gasteiger partial charge in [0.1, 0.15) is 11.4 Å². The Hall–Kier alpha value is -2.54. The van der Waals surface area contributed by atoms with Crippen LogP contribution in [0.2, 0.25) is 0 Å². The molecule has 1 aromatic heterocycles. The highest BCUT2D eigenvalue weighted by atomic mass is 16.5. The molecule has 0 saturated carbocycles. The van der Waals surface area contributed by atoms with Gasteiger partial charge in [-0.1, -0.05) is 13.8 Å². The third-order valence-corrected chi connectivity index (χ3v) is 6.58. The normalized spacial score (nSPS) is 29.1. The maximum absolute atomic E-state index is 13.3. The van der Waals surface area contributed by atoms with Gasteiger partial charge in [0.2, 0.25) is 5.91 Å².